The minimum Gasteiger partial charge on any atom is -0.504 e. The van der Waals surface area contributed by atoms with Crippen LogP contribution in [0, 0.1) is 0 Å². The van der Waals surface area contributed by atoms with Crippen LogP contribution in [0.15, 0.2) is 18.2 Å². The molecule has 0 saturated heterocycles. The molecule has 1 aromatic rings. The average Bonchev–Trinajstić information content (AvgIpc) is 2.39. The number of carboxylic acids is 1. The minimum absolute atomic E-state index is 0.0452. The fraction of sp³-hybridized carbons (Fsp3) is 0.533. The maximum Gasteiger partial charge on any atom is 0.304 e. The molecule has 0 aliphatic carbocycles. The highest BCUT2D eigenvalue weighted by Crippen LogP contribution is 2.31. The molecule has 0 aliphatic heterocycles. The van der Waals surface area contributed by atoms with Gasteiger partial charge >= 0.3 is 5.97 Å². The number of ether oxygens (including phenoxy) is 1. The Morgan fingerprint density at radius 3 is 2.55 bits per heavy atom. The Morgan fingerprint density at radius 2 is 2.05 bits per heavy atom. The molecule has 112 valence electrons. The molecular weight excluding hydrogens is 258 g/mol. The largest absolute Gasteiger partial charge is 0.504 e. The molecule has 0 fully saturated rings. The maximum absolute atomic E-state index is 10.9. The third-order valence-corrected chi connectivity index (χ3v) is 3.58. The lowest BCUT2D eigenvalue weighted by molar-refractivity contribution is -0.138. The van der Waals surface area contributed by atoms with E-state index in [1.165, 1.54) is 7.11 Å². The standard InChI is InChI=1S/C15H23NO4/c1-5-16(10(2)8-15(18)19)11(3)12-6-7-13(17)14(9-12)20-4/h6-7,9-11,17H,5,8H2,1-4H3,(H,18,19). The van der Waals surface area contributed by atoms with Crippen molar-refractivity contribution < 1.29 is 19.7 Å². The van der Waals surface area contributed by atoms with Crippen molar-refractivity contribution in [1.82, 2.24) is 4.90 Å². The first-order valence-electron chi connectivity index (χ1n) is 6.75. The second kappa shape index (κ2) is 7.14. The van der Waals surface area contributed by atoms with E-state index in [-0.39, 0.29) is 24.3 Å². The van der Waals surface area contributed by atoms with Crippen LogP contribution in [0.4, 0.5) is 0 Å². The topological polar surface area (TPSA) is 70.0 Å². The molecule has 2 atom stereocenters. The summed E-state index contributed by atoms with van der Waals surface area (Å²) in [5, 5.41) is 18.5. The zero-order valence-corrected chi connectivity index (χ0v) is 12.5. The zero-order valence-electron chi connectivity index (χ0n) is 12.5. The van der Waals surface area contributed by atoms with Gasteiger partial charge in [-0.25, -0.2) is 0 Å². The van der Waals surface area contributed by atoms with E-state index in [1.807, 2.05) is 26.8 Å². The Balaban J connectivity index is 2.95. The first kappa shape index (κ1) is 16.3. The van der Waals surface area contributed by atoms with Crippen molar-refractivity contribution >= 4 is 5.97 Å². The van der Waals surface area contributed by atoms with E-state index in [9.17, 15) is 9.90 Å². The molecule has 0 spiro atoms. The van der Waals surface area contributed by atoms with Gasteiger partial charge in [-0.3, -0.25) is 9.69 Å². The molecule has 0 amide bonds. The van der Waals surface area contributed by atoms with Crippen LogP contribution in [0.1, 0.15) is 38.8 Å². The van der Waals surface area contributed by atoms with Gasteiger partial charge in [-0.15, -0.1) is 0 Å². The van der Waals surface area contributed by atoms with Crippen molar-refractivity contribution in [3.05, 3.63) is 23.8 Å². The highest BCUT2D eigenvalue weighted by atomic mass is 16.5. The highest BCUT2D eigenvalue weighted by Gasteiger charge is 2.22. The van der Waals surface area contributed by atoms with Crippen LogP contribution in [-0.4, -0.2) is 40.8 Å². The fourth-order valence-electron chi connectivity index (χ4n) is 2.48. The Kier molecular flexibility index (Phi) is 5.82. The van der Waals surface area contributed by atoms with E-state index < -0.39 is 5.97 Å². The number of hydrogen-bond acceptors (Lipinski definition) is 4. The predicted molar refractivity (Wildman–Crippen MR) is 77.2 cm³/mol. The number of aliphatic carboxylic acids is 1. The summed E-state index contributed by atoms with van der Waals surface area (Å²) in [5.74, 6) is -0.271. The van der Waals surface area contributed by atoms with Crippen LogP contribution in [0.25, 0.3) is 0 Å². The first-order valence-corrected chi connectivity index (χ1v) is 6.75. The average molecular weight is 281 g/mol. The minimum atomic E-state index is -0.800. The van der Waals surface area contributed by atoms with E-state index in [0.29, 0.717) is 5.75 Å². The number of rotatable bonds is 7. The second-order valence-corrected chi connectivity index (χ2v) is 4.88. The molecular formula is C15H23NO4. The number of nitrogens with zero attached hydrogens (tertiary/aromatic N) is 1. The SMILES string of the molecule is CCN(C(C)CC(=O)O)C(C)c1ccc(O)c(OC)c1. The van der Waals surface area contributed by atoms with Gasteiger partial charge in [-0.2, -0.15) is 0 Å². The highest BCUT2D eigenvalue weighted by molar-refractivity contribution is 5.67. The normalized spacial score (nSPS) is 14.1. The summed E-state index contributed by atoms with van der Waals surface area (Å²) in [4.78, 5) is 13.0. The van der Waals surface area contributed by atoms with Crippen molar-refractivity contribution in [2.24, 2.45) is 0 Å². The Labute approximate surface area is 119 Å². The van der Waals surface area contributed by atoms with E-state index in [4.69, 9.17) is 9.84 Å². The number of phenols is 1. The van der Waals surface area contributed by atoms with Gasteiger partial charge in [-0.05, 0) is 38.1 Å². The van der Waals surface area contributed by atoms with Crippen molar-refractivity contribution in [2.45, 2.75) is 39.3 Å². The summed E-state index contributed by atoms with van der Waals surface area (Å²) in [6, 6.07) is 5.20. The maximum atomic E-state index is 10.9. The van der Waals surface area contributed by atoms with Crippen LogP contribution in [0.3, 0.4) is 0 Å². The zero-order chi connectivity index (χ0) is 15.3. The van der Waals surface area contributed by atoms with Gasteiger partial charge in [0.05, 0.1) is 13.5 Å². The molecule has 5 nitrogen and oxygen atoms in total. The molecule has 5 heteroatoms. The Bertz CT molecular complexity index is 461. The number of hydrogen-bond donors (Lipinski definition) is 2. The number of aromatic hydroxyl groups is 1. The van der Waals surface area contributed by atoms with Crippen LogP contribution in [0.5, 0.6) is 11.5 Å². The second-order valence-electron chi connectivity index (χ2n) is 4.88. The monoisotopic (exact) mass is 281 g/mol. The molecule has 20 heavy (non-hydrogen) atoms. The molecule has 0 bridgehead atoms. The van der Waals surface area contributed by atoms with Gasteiger partial charge < -0.3 is 14.9 Å². The molecule has 0 saturated carbocycles. The van der Waals surface area contributed by atoms with Gasteiger partial charge in [-0.1, -0.05) is 13.0 Å². The van der Waals surface area contributed by atoms with Crippen molar-refractivity contribution in [2.75, 3.05) is 13.7 Å². The smallest absolute Gasteiger partial charge is 0.304 e. The Hall–Kier alpha value is -1.75. The fourth-order valence-corrected chi connectivity index (χ4v) is 2.48. The van der Waals surface area contributed by atoms with Gasteiger partial charge in [0.15, 0.2) is 11.5 Å². The summed E-state index contributed by atoms with van der Waals surface area (Å²) in [6.45, 7) is 6.69. The molecule has 2 unspecified atom stereocenters. The predicted octanol–water partition coefficient (Wildman–Crippen LogP) is 2.65. The van der Waals surface area contributed by atoms with Crippen molar-refractivity contribution in [3.8, 4) is 11.5 Å². The lowest BCUT2D eigenvalue weighted by atomic mass is 10.0. The molecule has 0 heterocycles. The molecule has 0 radical (unpaired) electrons. The van der Waals surface area contributed by atoms with Crippen LogP contribution in [0.2, 0.25) is 0 Å². The summed E-state index contributed by atoms with van der Waals surface area (Å²) < 4.78 is 5.11. The summed E-state index contributed by atoms with van der Waals surface area (Å²) in [7, 11) is 1.51. The van der Waals surface area contributed by atoms with Crippen LogP contribution < -0.4 is 4.74 Å². The summed E-state index contributed by atoms with van der Waals surface area (Å²) in [5.41, 5.74) is 0.985. The summed E-state index contributed by atoms with van der Waals surface area (Å²) in [6.07, 6.45) is 0.105. The number of phenolic OH excluding ortho intramolecular Hbond substituents is 1. The number of carboxylic acid groups (broad SMARTS) is 1. The molecule has 0 aliphatic rings. The first-order chi connectivity index (χ1) is 9.40. The Morgan fingerprint density at radius 1 is 1.40 bits per heavy atom. The lowest BCUT2D eigenvalue weighted by Crippen LogP contribution is -2.36. The third-order valence-electron chi connectivity index (χ3n) is 3.58. The molecule has 0 aromatic heterocycles. The number of benzene rings is 1. The number of carbonyl (C=O) groups is 1. The molecule has 1 rings (SSSR count). The van der Waals surface area contributed by atoms with Gasteiger partial charge in [0.2, 0.25) is 0 Å². The van der Waals surface area contributed by atoms with E-state index >= 15 is 0 Å². The molecule has 1 aromatic carbocycles. The van der Waals surface area contributed by atoms with Crippen LogP contribution >= 0.6 is 0 Å². The van der Waals surface area contributed by atoms with Gasteiger partial charge in [0.1, 0.15) is 0 Å². The third kappa shape index (κ3) is 3.87. The van der Waals surface area contributed by atoms with Crippen molar-refractivity contribution in [1.29, 1.82) is 0 Å². The van der Waals surface area contributed by atoms with E-state index in [2.05, 4.69) is 4.90 Å². The molecule has 2 N–H and O–H groups in total. The number of methoxy groups -OCH3 is 1. The van der Waals surface area contributed by atoms with Gasteiger partial charge in [0, 0.05) is 12.1 Å². The van der Waals surface area contributed by atoms with Crippen LogP contribution in [-0.2, 0) is 4.79 Å². The van der Waals surface area contributed by atoms with Crippen molar-refractivity contribution in [3.63, 3.8) is 0 Å². The summed E-state index contributed by atoms with van der Waals surface area (Å²) >= 11 is 0. The lowest BCUT2D eigenvalue weighted by Gasteiger charge is -2.33. The van der Waals surface area contributed by atoms with Gasteiger partial charge in [0.25, 0.3) is 0 Å². The van der Waals surface area contributed by atoms with E-state index in [1.54, 1.807) is 12.1 Å². The van der Waals surface area contributed by atoms with E-state index in [0.717, 1.165) is 12.1 Å². The quantitative estimate of drug-likeness (QED) is 0.804.